The lowest BCUT2D eigenvalue weighted by atomic mass is 10.1. The Bertz CT molecular complexity index is 633. The lowest BCUT2D eigenvalue weighted by Gasteiger charge is -2.22. The Morgan fingerprint density at radius 2 is 2.41 bits per heavy atom. The van der Waals surface area contributed by atoms with Gasteiger partial charge in [0.25, 0.3) is 5.91 Å². The number of carbonyl (C=O) groups excluding carboxylic acids is 1. The lowest BCUT2D eigenvalue weighted by Crippen LogP contribution is -2.32. The molecule has 0 spiro atoms. The van der Waals surface area contributed by atoms with Crippen molar-refractivity contribution in [2.24, 2.45) is 0 Å². The van der Waals surface area contributed by atoms with Crippen LogP contribution in [0.1, 0.15) is 34.2 Å². The van der Waals surface area contributed by atoms with Crippen molar-refractivity contribution in [3.05, 3.63) is 38.8 Å². The van der Waals surface area contributed by atoms with Crippen LogP contribution >= 0.6 is 27.3 Å². The van der Waals surface area contributed by atoms with E-state index in [0.717, 1.165) is 36.1 Å². The molecule has 5 nitrogen and oxygen atoms in total. The summed E-state index contributed by atoms with van der Waals surface area (Å²) in [5.74, 6) is -0.0989. The molecule has 0 radical (unpaired) electrons. The zero-order valence-electron chi connectivity index (χ0n) is 12.2. The van der Waals surface area contributed by atoms with Crippen LogP contribution in [0.4, 0.5) is 0 Å². The van der Waals surface area contributed by atoms with Gasteiger partial charge in [0.05, 0.1) is 9.83 Å². The Labute approximate surface area is 142 Å². The maximum Gasteiger partial charge on any atom is 0.271 e. The molecule has 2 aromatic rings. The molecule has 1 aliphatic heterocycles. The van der Waals surface area contributed by atoms with Crippen LogP contribution in [0.3, 0.4) is 0 Å². The average molecular weight is 383 g/mol. The van der Waals surface area contributed by atoms with Gasteiger partial charge in [-0.3, -0.25) is 9.48 Å². The first-order valence-electron chi connectivity index (χ1n) is 7.50. The first-order chi connectivity index (χ1) is 10.7. The Kier molecular flexibility index (Phi) is 5.28. The highest BCUT2D eigenvalue weighted by Crippen LogP contribution is 2.22. The van der Waals surface area contributed by atoms with Gasteiger partial charge in [0.1, 0.15) is 5.69 Å². The second-order valence-electron chi connectivity index (χ2n) is 5.39. The Balaban J connectivity index is 1.50. The molecule has 0 saturated carbocycles. The highest BCUT2D eigenvalue weighted by Gasteiger charge is 2.17. The van der Waals surface area contributed by atoms with Gasteiger partial charge < -0.3 is 10.6 Å². The highest BCUT2D eigenvalue weighted by molar-refractivity contribution is 9.11. The standard InChI is InChI=1S/C15H19BrN4OS/c16-14-4-3-12(22-14)5-8-18-15(21)13-6-9-20(19-13)11-2-1-7-17-10-11/h3-4,6,9,11,17H,1-2,5,7-8,10H2,(H,18,21). The van der Waals surface area contributed by atoms with Crippen molar-refractivity contribution >= 4 is 33.2 Å². The molecule has 3 rings (SSSR count). The van der Waals surface area contributed by atoms with Gasteiger partial charge in [-0.15, -0.1) is 11.3 Å². The fraction of sp³-hybridized carbons (Fsp3) is 0.467. The zero-order valence-corrected chi connectivity index (χ0v) is 14.6. The maximum atomic E-state index is 12.1. The third kappa shape index (κ3) is 3.97. The molecule has 1 fully saturated rings. The number of amides is 1. The van der Waals surface area contributed by atoms with E-state index in [0.29, 0.717) is 18.3 Å². The highest BCUT2D eigenvalue weighted by atomic mass is 79.9. The fourth-order valence-corrected chi connectivity index (χ4v) is 4.08. The molecule has 7 heteroatoms. The first kappa shape index (κ1) is 15.7. The molecule has 0 aromatic carbocycles. The lowest BCUT2D eigenvalue weighted by molar-refractivity contribution is 0.0948. The average Bonchev–Trinajstić information content (AvgIpc) is 3.17. The molecule has 1 unspecified atom stereocenters. The van der Waals surface area contributed by atoms with Crippen molar-refractivity contribution in [1.29, 1.82) is 0 Å². The molecule has 3 heterocycles. The van der Waals surface area contributed by atoms with Gasteiger partial charge in [0, 0.05) is 24.2 Å². The SMILES string of the molecule is O=C(NCCc1ccc(Br)s1)c1ccn(C2CCCNC2)n1. The molecule has 2 aromatic heterocycles. The molecule has 118 valence electrons. The number of piperidine rings is 1. The summed E-state index contributed by atoms with van der Waals surface area (Å²) < 4.78 is 3.03. The van der Waals surface area contributed by atoms with Gasteiger partial charge in [-0.05, 0) is 59.9 Å². The Morgan fingerprint density at radius 3 is 3.14 bits per heavy atom. The zero-order chi connectivity index (χ0) is 15.4. The molecule has 1 amide bonds. The summed E-state index contributed by atoms with van der Waals surface area (Å²) in [6.07, 6.45) is 5.02. The van der Waals surface area contributed by atoms with Gasteiger partial charge in [-0.25, -0.2) is 0 Å². The largest absolute Gasteiger partial charge is 0.350 e. The van der Waals surface area contributed by atoms with E-state index in [9.17, 15) is 4.79 Å². The number of carbonyl (C=O) groups is 1. The smallest absolute Gasteiger partial charge is 0.271 e. The Morgan fingerprint density at radius 1 is 1.50 bits per heavy atom. The first-order valence-corrected chi connectivity index (χ1v) is 9.11. The van der Waals surface area contributed by atoms with Crippen LogP contribution in [0, 0.1) is 0 Å². The third-order valence-corrected chi connectivity index (χ3v) is 5.46. The fourth-order valence-electron chi connectivity index (χ4n) is 2.60. The van der Waals surface area contributed by atoms with Crippen molar-refractivity contribution in [2.75, 3.05) is 19.6 Å². The van der Waals surface area contributed by atoms with E-state index in [-0.39, 0.29) is 5.91 Å². The number of rotatable bonds is 5. The van der Waals surface area contributed by atoms with Gasteiger partial charge in [-0.2, -0.15) is 5.10 Å². The van der Waals surface area contributed by atoms with Gasteiger partial charge in [0.15, 0.2) is 0 Å². The topological polar surface area (TPSA) is 59.0 Å². The summed E-state index contributed by atoms with van der Waals surface area (Å²) in [4.78, 5) is 13.4. The quantitative estimate of drug-likeness (QED) is 0.835. The molecule has 1 atom stereocenters. The van der Waals surface area contributed by atoms with Crippen LogP contribution in [-0.4, -0.2) is 35.3 Å². The summed E-state index contributed by atoms with van der Waals surface area (Å²) in [6, 6.07) is 6.26. The maximum absolute atomic E-state index is 12.1. The summed E-state index contributed by atoms with van der Waals surface area (Å²) >= 11 is 5.14. The van der Waals surface area contributed by atoms with Gasteiger partial charge in [0.2, 0.25) is 0 Å². The number of hydrogen-bond donors (Lipinski definition) is 2. The van der Waals surface area contributed by atoms with E-state index in [1.54, 1.807) is 17.4 Å². The van der Waals surface area contributed by atoms with Crippen LogP contribution in [0.15, 0.2) is 28.2 Å². The molecule has 22 heavy (non-hydrogen) atoms. The minimum absolute atomic E-state index is 0.0989. The second kappa shape index (κ2) is 7.39. The van der Waals surface area contributed by atoms with Gasteiger partial charge in [-0.1, -0.05) is 0 Å². The number of nitrogens with one attached hydrogen (secondary N) is 2. The summed E-state index contributed by atoms with van der Waals surface area (Å²) in [7, 11) is 0. The Hall–Kier alpha value is -1.18. The van der Waals surface area contributed by atoms with Crippen LogP contribution in [0.25, 0.3) is 0 Å². The van der Waals surface area contributed by atoms with Crippen molar-refractivity contribution in [1.82, 2.24) is 20.4 Å². The van der Waals surface area contributed by atoms with Crippen LogP contribution < -0.4 is 10.6 Å². The number of aromatic nitrogens is 2. The van der Waals surface area contributed by atoms with Crippen molar-refractivity contribution in [2.45, 2.75) is 25.3 Å². The number of hydrogen-bond acceptors (Lipinski definition) is 4. The summed E-state index contributed by atoms with van der Waals surface area (Å²) in [5.41, 5.74) is 0.498. The van der Waals surface area contributed by atoms with Crippen LogP contribution in [0.2, 0.25) is 0 Å². The van der Waals surface area contributed by atoms with Crippen molar-refractivity contribution in [3.63, 3.8) is 0 Å². The van der Waals surface area contributed by atoms with Crippen molar-refractivity contribution in [3.8, 4) is 0 Å². The van der Waals surface area contributed by atoms with Crippen LogP contribution in [-0.2, 0) is 6.42 Å². The molecule has 1 aliphatic rings. The number of thiophene rings is 1. The molecule has 2 N–H and O–H groups in total. The van der Waals surface area contributed by atoms with Crippen LogP contribution in [0.5, 0.6) is 0 Å². The van der Waals surface area contributed by atoms with E-state index in [2.05, 4.69) is 37.7 Å². The van der Waals surface area contributed by atoms with E-state index < -0.39 is 0 Å². The molecule has 0 aliphatic carbocycles. The summed E-state index contributed by atoms with van der Waals surface area (Å²) in [6.45, 7) is 2.63. The minimum atomic E-state index is -0.0989. The summed E-state index contributed by atoms with van der Waals surface area (Å²) in [5, 5.41) is 10.7. The number of nitrogens with zero attached hydrogens (tertiary/aromatic N) is 2. The van der Waals surface area contributed by atoms with Gasteiger partial charge >= 0.3 is 0 Å². The monoisotopic (exact) mass is 382 g/mol. The third-order valence-electron chi connectivity index (χ3n) is 3.77. The molecule has 1 saturated heterocycles. The molecular formula is C15H19BrN4OS. The predicted octanol–water partition coefficient (Wildman–Crippen LogP) is 2.60. The predicted molar refractivity (Wildman–Crippen MR) is 91.4 cm³/mol. The molecular weight excluding hydrogens is 364 g/mol. The van der Waals surface area contributed by atoms with E-state index in [1.807, 2.05) is 16.9 Å². The van der Waals surface area contributed by atoms with E-state index in [1.165, 1.54) is 4.88 Å². The number of halogens is 1. The molecule has 0 bridgehead atoms. The minimum Gasteiger partial charge on any atom is -0.350 e. The van der Waals surface area contributed by atoms with E-state index in [4.69, 9.17) is 0 Å². The van der Waals surface area contributed by atoms with E-state index >= 15 is 0 Å². The second-order valence-corrected chi connectivity index (χ2v) is 7.94. The normalized spacial score (nSPS) is 18.3. The van der Waals surface area contributed by atoms with Crippen molar-refractivity contribution < 1.29 is 4.79 Å².